The largest absolute Gasteiger partial charge is 0.379 e. The molecule has 5 rings (SSSR count). The SMILES string of the molecule is CN1C2=C(C=NC1Nc1cccc(S)c1)CCc1sc(CN3CCOCC3)nc12. The fraction of sp³-hybridized carbons (Fsp3) is 0.429. The van der Waals surface area contributed by atoms with Crippen LogP contribution in [0.1, 0.15) is 22.0 Å². The number of thiazole rings is 1. The highest BCUT2D eigenvalue weighted by Crippen LogP contribution is 2.38. The number of nitrogens with zero attached hydrogens (tertiary/aromatic N) is 4. The van der Waals surface area contributed by atoms with Gasteiger partial charge < -0.3 is 15.0 Å². The molecule has 6 nitrogen and oxygen atoms in total. The summed E-state index contributed by atoms with van der Waals surface area (Å²) >= 11 is 6.31. The fourth-order valence-corrected chi connectivity index (χ4v) is 5.41. The Morgan fingerprint density at radius 1 is 1.28 bits per heavy atom. The molecule has 29 heavy (non-hydrogen) atoms. The van der Waals surface area contributed by atoms with E-state index in [1.165, 1.54) is 21.2 Å². The van der Waals surface area contributed by atoms with E-state index < -0.39 is 0 Å². The number of aryl methyl sites for hydroxylation is 1. The number of aromatic nitrogens is 1. The van der Waals surface area contributed by atoms with Crippen molar-refractivity contribution in [1.82, 2.24) is 14.8 Å². The Balaban J connectivity index is 1.37. The van der Waals surface area contributed by atoms with E-state index in [2.05, 4.69) is 34.8 Å². The van der Waals surface area contributed by atoms with Crippen LogP contribution in [0.4, 0.5) is 5.69 Å². The number of aliphatic imine (C=N–C) groups is 1. The molecular formula is C21H25N5OS2. The van der Waals surface area contributed by atoms with Crippen molar-refractivity contribution in [3.63, 3.8) is 0 Å². The summed E-state index contributed by atoms with van der Waals surface area (Å²) in [4.78, 5) is 16.8. The molecule has 0 radical (unpaired) electrons. The van der Waals surface area contributed by atoms with Crippen LogP contribution in [0.2, 0.25) is 0 Å². The highest BCUT2D eigenvalue weighted by atomic mass is 32.1. The average Bonchev–Trinajstić information content (AvgIpc) is 3.13. The average molecular weight is 428 g/mol. The Kier molecular flexibility index (Phi) is 5.34. The first-order chi connectivity index (χ1) is 14.2. The van der Waals surface area contributed by atoms with E-state index in [1.54, 1.807) is 0 Å². The third-order valence-corrected chi connectivity index (χ3v) is 6.97. The summed E-state index contributed by atoms with van der Waals surface area (Å²) in [6.45, 7) is 4.53. The van der Waals surface area contributed by atoms with Crippen molar-refractivity contribution in [3.8, 4) is 0 Å². The highest BCUT2D eigenvalue weighted by Gasteiger charge is 2.31. The number of benzene rings is 1. The van der Waals surface area contributed by atoms with Gasteiger partial charge in [-0.2, -0.15) is 0 Å². The van der Waals surface area contributed by atoms with E-state index in [0.717, 1.165) is 62.0 Å². The Morgan fingerprint density at radius 2 is 2.14 bits per heavy atom. The van der Waals surface area contributed by atoms with E-state index in [4.69, 9.17) is 14.7 Å². The van der Waals surface area contributed by atoms with E-state index in [1.807, 2.05) is 41.8 Å². The van der Waals surface area contributed by atoms with Gasteiger partial charge in [-0.25, -0.2) is 9.98 Å². The molecule has 1 atom stereocenters. The molecule has 1 N–H and O–H groups in total. The summed E-state index contributed by atoms with van der Waals surface area (Å²) in [6, 6.07) is 8.04. The maximum absolute atomic E-state index is 5.47. The standard InChI is InChI=1S/C21H25N5OS2/c1-25-20-14(12-22-21(25)23-15-3-2-4-16(28)11-15)5-6-17-19(20)24-18(29-17)13-26-7-9-27-10-8-26/h2-4,11-12,21,23,28H,5-10,13H2,1H3. The van der Waals surface area contributed by atoms with Gasteiger partial charge in [0.2, 0.25) is 0 Å². The van der Waals surface area contributed by atoms with Crippen molar-refractivity contribution in [1.29, 1.82) is 0 Å². The van der Waals surface area contributed by atoms with Gasteiger partial charge in [0.25, 0.3) is 0 Å². The van der Waals surface area contributed by atoms with Crippen LogP contribution in [0.3, 0.4) is 0 Å². The number of anilines is 1. The summed E-state index contributed by atoms with van der Waals surface area (Å²) in [5, 5.41) is 4.71. The number of hydrogen-bond donors (Lipinski definition) is 2. The van der Waals surface area contributed by atoms with Crippen LogP contribution in [0.5, 0.6) is 0 Å². The molecule has 1 aromatic heterocycles. The van der Waals surface area contributed by atoms with Crippen molar-refractivity contribution >= 4 is 41.6 Å². The molecule has 0 saturated carbocycles. The molecule has 152 valence electrons. The van der Waals surface area contributed by atoms with Crippen molar-refractivity contribution in [2.24, 2.45) is 4.99 Å². The number of fused-ring (bicyclic) bond motifs is 2. The van der Waals surface area contributed by atoms with E-state index >= 15 is 0 Å². The van der Waals surface area contributed by atoms with Gasteiger partial charge in [0.15, 0.2) is 6.29 Å². The lowest BCUT2D eigenvalue weighted by molar-refractivity contribution is 0.0341. The van der Waals surface area contributed by atoms with Gasteiger partial charge in [0.1, 0.15) is 10.7 Å². The van der Waals surface area contributed by atoms with E-state index in [0.29, 0.717) is 0 Å². The Bertz CT molecular complexity index is 964. The Morgan fingerprint density at radius 3 is 2.97 bits per heavy atom. The zero-order chi connectivity index (χ0) is 19.8. The lowest BCUT2D eigenvalue weighted by Gasteiger charge is -2.35. The number of rotatable bonds is 4. The van der Waals surface area contributed by atoms with Crippen LogP contribution in [0, 0.1) is 0 Å². The molecule has 1 aliphatic carbocycles. The molecule has 2 aromatic rings. The lowest BCUT2D eigenvalue weighted by atomic mass is 9.97. The van der Waals surface area contributed by atoms with Crippen molar-refractivity contribution in [3.05, 3.63) is 45.4 Å². The number of allylic oxidation sites excluding steroid dienone is 1. The van der Waals surface area contributed by atoms with Crippen LogP contribution in [-0.2, 0) is 17.7 Å². The summed E-state index contributed by atoms with van der Waals surface area (Å²) in [5.74, 6) is 0. The van der Waals surface area contributed by atoms with Gasteiger partial charge in [-0.3, -0.25) is 4.90 Å². The molecule has 1 saturated heterocycles. The molecule has 2 aliphatic heterocycles. The summed E-state index contributed by atoms with van der Waals surface area (Å²) in [6.07, 6.45) is 3.95. The summed E-state index contributed by atoms with van der Waals surface area (Å²) in [5.41, 5.74) is 4.65. The molecule has 0 spiro atoms. The number of morpholine rings is 1. The lowest BCUT2D eigenvalue weighted by Crippen LogP contribution is -2.39. The zero-order valence-corrected chi connectivity index (χ0v) is 18.2. The van der Waals surface area contributed by atoms with Gasteiger partial charge >= 0.3 is 0 Å². The number of ether oxygens (including phenoxy) is 1. The summed E-state index contributed by atoms with van der Waals surface area (Å²) < 4.78 is 5.47. The van der Waals surface area contributed by atoms with Crippen LogP contribution >= 0.6 is 24.0 Å². The van der Waals surface area contributed by atoms with Crippen LogP contribution in [0.15, 0.2) is 39.7 Å². The quantitative estimate of drug-likeness (QED) is 0.733. The van der Waals surface area contributed by atoms with Crippen LogP contribution < -0.4 is 5.32 Å². The van der Waals surface area contributed by atoms with Crippen molar-refractivity contribution < 1.29 is 4.74 Å². The van der Waals surface area contributed by atoms with Crippen molar-refractivity contribution in [2.75, 3.05) is 38.7 Å². The molecule has 8 heteroatoms. The monoisotopic (exact) mass is 427 g/mol. The number of thiol groups is 1. The molecular weight excluding hydrogens is 402 g/mol. The predicted octanol–water partition coefficient (Wildman–Crippen LogP) is 3.33. The van der Waals surface area contributed by atoms with E-state index in [9.17, 15) is 0 Å². The van der Waals surface area contributed by atoms with Gasteiger partial charge in [-0.1, -0.05) is 6.07 Å². The maximum atomic E-state index is 5.47. The molecule has 1 aromatic carbocycles. The van der Waals surface area contributed by atoms with Crippen LogP contribution in [-0.4, -0.2) is 60.6 Å². The fourth-order valence-electron chi connectivity index (χ4n) is 4.07. The zero-order valence-electron chi connectivity index (χ0n) is 16.5. The topological polar surface area (TPSA) is 53.0 Å². The van der Waals surface area contributed by atoms with Gasteiger partial charge in [-0.05, 0) is 36.6 Å². The maximum Gasteiger partial charge on any atom is 0.196 e. The third kappa shape index (κ3) is 3.94. The van der Waals surface area contributed by atoms with Gasteiger partial charge in [-0.15, -0.1) is 24.0 Å². The minimum Gasteiger partial charge on any atom is -0.379 e. The Labute approximate surface area is 180 Å². The molecule has 3 heterocycles. The molecule has 1 unspecified atom stereocenters. The summed E-state index contributed by atoms with van der Waals surface area (Å²) in [7, 11) is 2.10. The highest BCUT2D eigenvalue weighted by molar-refractivity contribution is 7.80. The molecule has 0 bridgehead atoms. The minimum atomic E-state index is -0.153. The molecule has 3 aliphatic rings. The Hall–Kier alpha value is -1.87. The first kappa shape index (κ1) is 19.1. The number of hydrogen-bond acceptors (Lipinski definition) is 8. The third-order valence-electron chi connectivity index (χ3n) is 5.59. The molecule has 1 fully saturated rings. The first-order valence-electron chi connectivity index (χ1n) is 10.0. The van der Waals surface area contributed by atoms with E-state index in [-0.39, 0.29) is 6.29 Å². The minimum absolute atomic E-state index is 0.153. The first-order valence-corrected chi connectivity index (χ1v) is 11.3. The molecule has 0 amide bonds. The normalized spacial score (nSPS) is 21.9. The van der Waals surface area contributed by atoms with Gasteiger partial charge in [0.05, 0.1) is 25.5 Å². The second-order valence-electron chi connectivity index (χ2n) is 7.60. The number of nitrogens with one attached hydrogen (secondary N) is 1. The van der Waals surface area contributed by atoms with Crippen molar-refractivity contribution in [2.45, 2.75) is 30.6 Å². The smallest absolute Gasteiger partial charge is 0.196 e. The predicted molar refractivity (Wildman–Crippen MR) is 121 cm³/mol. The second-order valence-corrected chi connectivity index (χ2v) is 9.28. The van der Waals surface area contributed by atoms with Crippen LogP contribution in [0.25, 0.3) is 5.70 Å². The second kappa shape index (κ2) is 8.10. The van der Waals surface area contributed by atoms with Gasteiger partial charge in [0, 0.05) is 41.8 Å².